The zero-order valence-corrected chi connectivity index (χ0v) is 9.24. The number of anilines is 1. The van der Waals surface area contributed by atoms with Crippen molar-refractivity contribution in [3.05, 3.63) is 54.1 Å². The maximum absolute atomic E-state index is 11.9. The summed E-state index contributed by atoms with van der Waals surface area (Å²) in [7, 11) is 0. The number of hydrogen-bond donors (Lipinski definition) is 1. The molecule has 1 aliphatic rings. The molecule has 0 radical (unpaired) electrons. The lowest BCUT2D eigenvalue weighted by atomic mass is 10.2. The topological polar surface area (TPSA) is 74.7 Å². The van der Waals surface area contributed by atoms with Crippen molar-refractivity contribution in [2.24, 2.45) is 0 Å². The standard InChI is InChI=1S/C13H9NO4/c15-11-8-9(6-7-12(16)17)13(18)14(11)10-4-2-1-3-5-10/h1-8H,(H,16,17). The van der Waals surface area contributed by atoms with Gasteiger partial charge in [-0.3, -0.25) is 9.59 Å². The molecule has 0 saturated heterocycles. The molecular weight excluding hydrogens is 234 g/mol. The van der Waals surface area contributed by atoms with Crippen LogP contribution in [0, 0.1) is 0 Å². The Balaban J connectivity index is 2.27. The summed E-state index contributed by atoms with van der Waals surface area (Å²) in [5, 5.41) is 8.49. The van der Waals surface area contributed by atoms with Gasteiger partial charge in [0.05, 0.1) is 5.69 Å². The van der Waals surface area contributed by atoms with Gasteiger partial charge in [0.1, 0.15) is 0 Å². The number of amides is 2. The van der Waals surface area contributed by atoms with E-state index in [1.54, 1.807) is 30.3 Å². The van der Waals surface area contributed by atoms with Crippen LogP contribution in [0.5, 0.6) is 0 Å². The molecule has 1 aliphatic heterocycles. The molecule has 0 aliphatic carbocycles. The number of rotatable bonds is 3. The number of imide groups is 1. The largest absolute Gasteiger partial charge is 0.478 e. The van der Waals surface area contributed by atoms with Crippen LogP contribution in [0.2, 0.25) is 0 Å². The van der Waals surface area contributed by atoms with Gasteiger partial charge in [-0.25, -0.2) is 9.69 Å². The Morgan fingerprint density at radius 2 is 1.83 bits per heavy atom. The summed E-state index contributed by atoms with van der Waals surface area (Å²) in [6.07, 6.45) is 3.06. The SMILES string of the molecule is O=C(O)C=CC1=CC(=O)N(c2ccccc2)C1=O. The van der Waals surface area contributed by atoms with Crippen LogP contribution in [0.4, 0.5) is 5.69 Å². The lowest BCUT2D eigenvalue weighted by Gasteiger charge is -2.13. The Bertz CT molecular complexity index is 572. The average Bonchev–Trinajstić information content (AvgIpc) is 2.63. The molecule has 0 atom stereocenters. The minimum atomic E-state index is -1.17. The van der Waals surface area contributed by atoms with Crippen LogP contribution >= 0.6 is 0 Å². The van der Waals surface area contributed by atoms with Crippen molar-refractivity contribution in [3.63, 3.8) is 0 Å². The van der Waals surface area contributed by atoms with E-state index in [4.69, 9.17) is 5.11 Å². The molecule has 0 bridgehead atoms. The van der Waals surface area contributed by atoms with Gasteiger partial charge in [-0.2, -0.15) is 0 Å². The minimum Gasteiger partial charge on any atom is -0.478 e. The number of carboxylic acid groups (broad SMARTS) is 1. The molecule has 0 saturated carbocycles. The first-order valence-electron chi connectivity index (χ1n) is 5.16. The zero-order chi connectivity index (χ0) is 13.1. The second-order valence-corrected chi connectivity index (χ2v) is 3.59. The number of aliphatic carboxylic acids is 1. The molecule has 0 fully saturated rings. The van der Waals surface area contributed by atoms with E-state index in [0.717, 1.165) is 23.1 Å². The molecule has 2 rings (SSSR count). The van der Waals surface area contributed by atoms with Crippen LogP contribution in [0.25, 0.3) is 0 Å². The maximum atomic E-state index is 11.9. The Morgan fingerprint density at radius 3 is 2.44 bits per heavy atom. The van der Waals surface area contributed by atoms with Crippen LogP contribution in [-0.4, -0.2) is 22.9 Å². The zero-order valence-electron chi connectivity index (χ0n) is 9.24. The Hall–Kier alpha value is -2.69. The van der Waals surface area contributed by atoms with Crippen molar-refractivity contribution in [3.8, 4) is 0 Å². The molecule has 1 aromatic carbocycles. The molecule has 1 N–H and O–H groups in total. The Morgan fingerprint density at radius 1 is 1.17 bits per heavy atom. The second-order valence-electron chi connectivity index (χ2n) is 3.59. The highest BCUT2D eigenvalue weighted by Crippen LogP contribution is 2.22. The Labute approximate surface area is 103 Å². The van der Waals surface area contributed by atoms with Crippen LogP contribution in [0.15, 0.2) is 54.1 Å². The summed E-state index contributed by atoms with van der Waals surface area (Å²) in [5.74, 6) is -2.17. The maximum Gasteiger partial charge on any atom is 0.328 e. The van der Waals surface area contributed by atoms with Crippen LogP contribution in [0.3, 0.4) is 0 Å². The second kappa shape index (κ2) is 4.67. The fraction of sp³-hybridized carbons (Fsp3) is 0. The molecule has 1 heterocycles. The Kier molecular flexibility index (Phi) is 3.05. The smallest absolute Gasteiger partial charge is 0.328 e. The first-order valence-corrected chi connectivity index (χ1v) is 5.16. The molecular formula is C13H9NO4. The van der Waals surface area contributed by atoms with E-state index in [1.807, 2.05) is 0 Å². The van der Waals surface area contributed by atoms with Gasteiger partial charge in [-0.05, 0) is 18.2 Å². The molecule has 0 aromatic heterocycles. The van der Waals surface area contributed by atoms with Crippen LogP contribution in [0.1, 0.15) is 0 Å². The number of hydrogen-bond acceptors (Lipinski definition) is 3. The van der Waals surface area contributed by atoms with Crippen molar-refractivity contribution in [1.29, 1.82) is 0 Å². The fourth-order valence-corrected chi connectivity index (χ4v) is 1.59. The third kappa shape index (κ3) is 2.20. The first kappa shape index (κ1) is 11.8. The number of carboxylic acids is 1. The summed E-state index contributed by atoms with van der Waals surface area (Å²) in [6.45, 7) is 0. The van der Waals surface area contributed by atoms with E-state index in [-0.39, 0.29) is 5.57 Å². The number of carbonyl (C=O) groups is 3. The minimum absolute atomic E-state index is 0.0613. The van der Waals surface area contributed by atoms with Gasteiger partial charge in [0.15, 0.2) is 0 Å². The van der Waals surface area contributed by atoms with Gasteiger partial charge in [0.25, 0.3) is 11.8 Å². The lowest BCUT2D eigenvalue weighted by Crippen LogP contribution is -2.30. The predicted molar refractivity (Wildman–Crippen MR) is 63.8 cm³/mol. The van der Waals surface area contributed by atoms with Gasteiger partial charge in [0.2, 0.25) is 0 Å². The third-order valence-corrected chi connectivity index (χ3v) is 2.37. The molecule has 2 amide bonds. The van der Waals surface area contributed by atoms with E-state index < -0.39 is 17.8 Å². The van der Waals surface area contributed by atoms with Gasteiger partial charge in [0, 0.05) is 17.7 Å². The number of benzene rings is 1. The molecule has 0 unspecified atom stereocenters. The van der Waals surface area contributed by atoms with E-state index in [0.29, 0.717) is 5.69 Å². The number of nitrogens with zero attached hydrogens (tertiary/aromatic N) is 1. The van der Waals surface area contributed by atoms with Gasteiger partial charge in [-0.15, -0.1) is 0 Å². The van der Waals surface area contributed by atoms with E-state index >= 15 is 0 Å². The van der Waals surface area contributed by atoms with Gasteiger partial charge >= 0.3 is 5.97 Å². The molecule has 90 valence electrons. The third-order valence-electron chi connectivity index (χ3n) is 2.37. The molecule has 5 nitrogen and oxygen atoms in total. The highest BCUT2D eigenvalue weighted by molar-refractivity contribution is 6.31. The summed E-state index contributed by atoms with van der Waals surface area (Å²) in [6, 6.07) is 8.45. The molecule has 5 heteroatoms. The van der Waals surface area contributed by atoms with Gasteiger partial charge < -0.3 is 5.11 Å². The van der Waals surface area contributed by atoms with Crippen molar-refractivity contribution in [2.45, 2.75) is 0 Å². The normalized spacial score (nSPS) is 15.3. The summed E-state index contributed by atoms with van der Waals surface area (Å²) in [4.78, 5) is 35.0. The van der Waals surface area contributed by atoms with Crippen LogP contribution < -0.4 is 4.90 Å². The van der Waals surface area contributed by atoms with Gasteiger partial charge in [-0.1, -0.05) is 18.2 Å². The average molecular weight is 243 g/mol. The van der Waals surface area contributed by atoms with Crippen molar-refractivity contribution < 1.29 is 19.5 Å². The van der Waals surface area contributed by atoms with Crippen molar-refractivity contribution in [1.82, 2.24) is 0 Å². The number of para-hydroxylation sites is 1. The van der Waals surface area contributed by atoms with Crippen LogP contribution in [-0.2, 0) is 14.4 Å². The van der Waals surface area contributed by atoms with E-state index in [9.17, 15) is 14.4 Å². The summed E-state index contributed by atoms with van der Waals surface area (Å²) < 4.78 is 0. The monoisotopic (exact) mass is 243 g/mol. The molecule has 0 spiro atoms. The van der Waals surface area contributed by atoms with Crippen molar-refractivity contribution >= 4 is 23.5 Å². The van der Waals surface area contributed by atoms with E-state index in [2.05, 4.69) is 0 Å². The molecule has 18 heavy (non-hydrogen) atoms. The summed E-state index contributed by atoms with van der Waals surface area (Å²) >= 11 is 0. The highest BCUT2D eigenvalue weighted by atomic mass is 16.4. The number of carbonyl (C=O) groups excluding carboxylic acids is 2. The lowest BCUT2D eigenvalue weighted by molar-refractivity contribution is -0.131. The predicted octanol–water partition coefficient (Wildman–Crippen LogP) is 1.13. The summed E-state index contributed by atoms with van der Waals surface area (Å²) in [5.41, 5.74) is 0.522. The van der Waals surface area contributed by atoms with E-state index in [1.165, 1.54) is 0 Å². The first-order chi connectivity index (χ1) is 8.59. The highest BCUT2D eigenvalue weighted by Gasteiger charge is 2.30. The quantitative estimate of drug-likeness (QED) is 0.637. The molecule has 1 aromatic rings. The van der Waals surface area contributed by atoms with Crippen molar-refractivity contribution in [2.75, 3.05) is 4.90 Å². The fourth-order valence-electron chi connectivity index (χ4n) is 1.59.